The van der Waals surface area contributed by atoms with Crippen LogP contribution in [0, 0.1) is 0 Å². The van der Waals surface area contributed by atoms with Crippen LogP contribution in [0.5, 0.6) is 5.75 Å². The zero-order valence-corrected chi connectivity index (χ0v) is 23.7. The van der Waals surface area contributed by atoms with Crippen LogP contribution in [0.25, 0.3) is 11.2 Å². The molecule has 0 spiro atoms. The number of benzene rings is 1. The predicted octanol–water partition coefficient (Wildman–Crippen LogP) is 4.76. The van der Waals surface area contributed by atoms with Crippen molar-refractivity contribution in [3.8, 4) is 5.75 Å². The molecule has 1 saturated heterocycles. The van der Waals surface area contributed by atoms with Gasteiger partial charge >= 0.3 is 0 Å². The average Bonchev–Trinajstić information content (AvgIpc) is 3.65. The number of hydrogen-bond donors (Lipinski definition) is 3. The van der Waals surface area contributed by atoms with Gasteiger partial charge in [-0.3, -0.25) is 4.79 Å². The summed E-state index contributed by atoms with van der Waals surface area (Å²) in [5.74, 6) is 2.06. The highest BCUT2D eigenvalue weighted by Crippen LogP contribution is 2.34. The molecule has 6 rings (SSSR count). The third-order valence-electron chi connectivity index (χ3n) is 8.61. The minimum Gasteiger partial charge on any atom is -0.484 e. The molecule has 10 nitrogen and oxygen atoms in total. The second kappa shape index (κ2) is 12.2. The molecule has 3 aromatic rings. The monoisotopic (exact) mass is 566 g/mol. The van der Waals surface area contributed by atoms with Crippen LogP contribution in [-0.4, -0.2) is 68.1 Å². The van der Waals surface area contributed by atoms with E-state index in [2.05, 4.69) is 15.2 Å². The zero-order valence-electron chi connectivity index (χ0n) is 22.9. The molecule has 40 heavy (non-hydrogen) atoms. The third-order valence-corrected chi connectivity index (χ3v) is 8.86. The number of carbonyl (C=O) groups is 1. The van der Waals surface area contributed by atoms with Crippen molar-refractivity contribution in [3.63, 3.8) is 0 Å². The van der Waals surface area contributed by atoms with E-state index in [1.54, 1.807) is 24.3 Å². The number of aromatic nitrogens is 4. The van der Waals surface area contributed by atoms with Crippen LogP contribution < -0.4 is 21.1 Å². The van der Waals surface area contributed by atoms with Crippen LogP contribution in [0.3, 0.4) is 0 Å². The molecule has 0 atom stereocenters. The lowest BCUT2D eigenvalue weighted by Gasteiger charge is -2.32. The Morgan fingerprint density at radius 2 is 1.65 bits per heavy atom. The number of nitrogens with zero attached hydrogens (tertiary/aromatic N) is 5. The standard InChI is InChI=1S/C29H39ClN8O2/c30-19-5-11-24(12-6-19)40-17-25(39)37-15-13-22(14-16-37)33-27-26-28(38(18-32-26)23-3-1-2-4-23)36-29(35-27)34-21-9-7-20(31)8-10-21/h5-6,11-12,18,20-23H,1-4,7-10,13-17,31H2,(H2,33,34,35,36)/t20-,21-. The lowest BCUT2D eigenvalue weighted by molar-refractivity contribution is -0.134. The fraction of sp³-hybridized carbons (Fsp3) is 0.586. The number of hydrogen-bond acceptors (Lipinski definition) is 8. The van der Waals surface area contributed by atoms with E-state index in [1.165, 1.54) is 12.8 Å². The number of likely N-dealkylation sites (tertiary alicyclic amines) is 1. The Hall–Kier alpha value is -3.11. The molecule has 1 aromatic carbocycles. The minimum atomic E-state index is -0.00757. The molecule has 1 amide bonds. The summed E-state index contributed by atoms with van der Waals surface area (Å²) in [7, 11) is 0. The fourth-order valence-electron chi connectivity index (χ4n) is 6.21. The van der Waals surface area contributed by atoms with E-state index in [-0.39, 0.29) is 18.6 Å². The van der Waals surface area contributed by atoms with Gasteiger partial charge in [-0.05, 0) is 75.6 Å². The van der Waals surface area contributed by atoms with E-state index in [0.29, 0.717) is 47.9 Å². The molecular weight excluding hydrogens is 528 g/mol. The molecule has 2 aromatic heterocycles. The van der Waals surface area contributed by atoms with Crippen molar-refractivity contribution < 1.29 is 9.53 Å². The first kappa shape index (κ1) is 27.1. The molecule has 3 heterocycles. The number of carbonyl (C=O) groups excluding carboxylic acids is 1. The van der Waals surface area contributed by atoms with Gasteiger partial charge in [-0.2, -0.15) is 9.97 Å². The summed E-state index contributed by atoms with van der Waals surface area (Å²) in [5.41, 5.74) is 7.84. The first-order valence-electron chi connectivity index (χ1n) is 14.7. The predicted molar refractivity (Wildman–Crippen MR) is 157 cm³/mol. The van der Waals surface area contributed by atoms with Crippen molar-refractivity contribution in [2.45, 2.75) is 88.4 Å². The molecule has 4 N–H and O–H groups in total. The topological polar surface area (TPSA) is 123 Å². The van der Waals surface area contributed by atoms with Gasteiger partial charge < -0.3 is 30.6 Å². The molecule has 0 unspecified atom stereocenters. The third kappa shape index (κ3) is 6.28. The number of imidazole rings is 1. The Morgan fingerprint density at radius 1 is 0.950 bits per heavy atom. The molecule has 3 fully saturated rings. The van der Waals surface area contributed by atoms with Crippen LogP contribution in [0.2, 0.25) is 5.02 Å². The number of nitrogens with two attached hydrogens (primary N) is 1. The quantitative estimate of drug-likeness (QED) is 0.357. The van der Waals surface area contributed by atoms with Gasteiger partial charge in [0.25, 0.3) is 5.91 Å². The number of rotatable bonds is 8. The molecular formula is C29H39ClN8O2. The summed E-state index contributed by atoms with van der Waals surface area (Å²) in [6.07, 6.45) is 12.5. The normalized spacial score (nSPS) is 22.5. The Bertz CT molecular complexity index is 1290. The number of fused-ring (bicyclic) bond motifs is 1. The van der Waals surface area contributed by atoms with Crippen LogP contribution in [0.15, 0.2) is 30.6 Å². The fourth-order valence-corrected chi connectivity index (χ4v) is 6.34. The Labute approximate surface area is 240 Å². The highest BCUT2D eigenvalue weighted by atomic mass is 35.5. The summed E-state index contributed by atoms with van der Waals surface area (Å²) in [4.78, 5) is 29.3. The lowest BCUT2D eigenvalue weighted by atomic mass is 9.92. The van der Waals surface area contributed by atoms with Crippen LogP contribution in [-0.2, 0) is 4.79 Å². The lowest BCUT2D eigenvalue weighted by Crippen LogP contribution is -2.44. The van der Waals surface area contributed by atoms with Crippen molar-refractivity contribution in [1.82, 2.24) is 24.4 Å². The summed E-state index contributed by atoms with van der Waals surface area (Å²) in [6.45, 7) is 1.35. The molecule has 2 saturated carbocycles. The van der Waals surface area contributed by atoms with Crippen molar-refractivity contribution in [2.24, 2.45) is 5.73 Å². The first-order valence-corrected chi connectivity index (χ1v) is 15.1. The van der Waals surface area contributed by atoms with Crippen molar-refractivity contribution >= 4 is 40.4 Å². The SMILES string of the molecule is N[C@H]1CC[C@H](Nc2nc(NC3CCN(C(=O)COc4ccc(Cl)cc4)CC3)c3ncn(C4CCCC4)c3n2)CC1. The van der Waals surface area contributed by atoms with Crippen molar-refractivity contribution in [1.29, 1.82) is 0 Å². The van der Waals surface area contributed by atoms with E-state index in [4.69, 9.17) is 37.0 Å². The van der Waals surface area contributed by atoms with Crippen LogP contribution >= 0.6 is 11.6 Å². The van der Waals surface area contributed by atoms with Gasteiger partial charge in [0, 0.05) is 42.3 Å². The minimum absolute atomic E-state index is 0.00757. The zero-order chi connectivity index (χ0) is 27.5. The van der Waals surface area contributed by atoms with E-state index < -0.39 is 0 Å². The molecule has 1 aliphatic heterocycles. The summed E-state index contributed by atoms with van der Waals surface area (Å²) in [6, 6.07) is 8.31. The van der Waals surface area contributed by atoms with Crippen molar-refractivity contribution in [2.75, 3.05) is 30.3 Å². The summed E-state index contributed by atoms with van der Waals surface area (Å²) in [5, 5.41) is 7.90. The highest BCUT2D eigenvalue weighted by molar-refractivity contribution is 6.30. The number of piperidine rings is 1. The average molecular weight is 567 g/mol. The highest BCUT2D eigenvalue weighted by Gasteiger charge is 2.27. The number of halogens is 1. The molecule has 11 heteroatoms. The number of amides is 1. The molecule has 0 bridgehead atoms. The second-order valence-corrected chi connectivity index (χ2v) is 11.9. The van der Waals surface area contributed by atoms with Crippen LogP contribution in [0.1, 0.15) is 70.3 Å². The number of nitrogens with one attached hydrogen (secondary N) is 2. The van der Waals surface area contributed by atoms with E-state index in [0.717, 1.165) is 68.3 Å². The van der Waals surface area contributed by atoms with Gasteiger partial charge in [-0.15, -0.1) is 0 Å². The Kier molecular flexibility index (Phi) is 8.25. The molecule has 2 aliphatic carbocycles. The Balaban J connectivity index is 1.12. The maximum Gasteiger partial charge on any atom is 0.260 e. The van der Waals surface area contributed by atoms with E-state index in [9.17, 15) is 4.79 Å². The first-order chi connectivity index (χ1) is 19.5. The molecule has 214 valence electrons. The maximum absolute atomic E-state index is 12.8. The van der Waals surface area contributed by atoms with Crippen LogP contribution in [0.4, 0.5) is 11.8 Å². The van der Waals surface area contributed by atoms with E-state index in [1.807, 2.05) is 11.2 Å². The molecule has 3 aliphatic rings. The summed E-state index contributed by atoms with van der Waals surface area (Å²) >= 11 is 5.93. The Morgan fingerprint density at radius 3 is 2.38 bits per heavy atom. The van der Waals surface area contributed by atoms with Crippen molar-refractivity contribution in [3.05, 3.63) is 35.6 Å². The second-order valence-electron chi connectivity index (χ2n) is 11.5. The van der Waals surface area contributed by atoms with Gasteiger partial charge in [-0.1, -0.05) is 24.4 Å². The van der Waals surface area contributed by atoms with Gasteiger partial charge in [0.2, 0.25) is 5.95 Å². The largest absolute Gasteiger partial charge is 0.484 e. The van der Waals surface area contributed by atoms with E-state index >= 15 is 0 Å². The van der Waals surface area contributed by atoms with Gasteiger partial charge in [0.05, 0.1) is 6.33 Å². The van der Waals surface area contributed by atoms with Gasteiger partial charge in [0.15, 0.2) is 23.6 Å². The smallest absolute Gasteiger partial charge is 0.260 e. The number of anilines is 2. The van der Waals surface area contributed by atoms with Gasteiger partial charge in [-0.25, -0.2) is 4.98 Å². The maximum atomic E-state index is 12.8. The summed E-state index contributed by atoms with van der Waals surface area (Å²) < 4.78 is 7.91. The molecule has 0 radical (unpaired) electrons. The van der Waals surface area contributed by atoms with Gasteiger partial charge in [0.1, 0.15) is 5.75 Å². The number of ether oxygens (including phenoxy) is 1.